The van der Waals surface area contributed by atoms with Crippen LogP contribution in [0.2, 0.25) is 0 Å². The Hall–Kier alpha value is -3.41. The van der Waals surface area contributed by atoms with Crippen molar-refractivity contribution >= 4 is 28.5 Å². The number of carbonyl (C=O) groups is 2. The Kier molecular flexibility index (Phi) is 6.12. The third-order valence-electron chi connectivity index (χ3n) is 6.33. The molecule has 32 heavy (non-hydrogen) atoms. The molecule has 1 aromatic heterocycles. The zero-order valence-corrected chi connectivity index (χ0v) is 18.9. The van der Waals surface area contributed by atoms with Gasteiger partial charge in [0.15, 0.2) is 0 Å². The number of aromatic nitrogens is 1. The van der Waals surface area contributed by atoms with Crippen molar-refractivity contribution in [2.75, 3.05) is 25.9 Å². The molecule has 6 nitrogen and oxygen atoms in total. The lowest BCUT2D eigenvalue weighted by Crippen LogP contribution is -2.28. The molecule has 0 radical (unpaired) electrons. The number of nitrogens with zero attached hydrogens (tertiary/aromatic N) is 2. The average molecular weight is 431 g/mol. The fourth-order valence-electron chi connectivity index (χ4n) is 4.54. The molecule has 6 heteroatoms. The molecule has 4 rings (SSSR count). The van der Waals surface area contributed by atoms with Crippen LogP contribution >= 0.6 is 0 Å². The molecule has 1 atom stereocenters. The molecule has 0 aliphatic carbocycles. The van der Waals surface area contributed by atoms with E-state index in [-0.39, 0.29) is 17.7 Å². The smallest absolute Gasteiger partial charge is 0.254 e. The van der Waals surface area contributed by atoms with Crippen LogP contribution in [0.3, 0.4) is 0 Å². The van der Waals surface area contributed by atoms with Crippen LogP contribution in [0.5, 0.6) is 0 Å². The van der Waals surface area contributed by atoms with Gasteiger partial charge in [-0.3, -0.25) is 9.59 Å². The summed E-state index contributed by atoms with van der Waals surface area (Å²) < 4.78 is 0. The van der Waals surface area contributed by atoms with Crippen LogP contribution in [0.1, 0.15) is 41.3 Å². The highest BCUT2D eigenvalue weighted by atomic mass is 16.2. The highest BCUT2D eigenvalue weighted by Gasteiger charge is 2.23. The van der Waals surface area contributed by atoms with Crippen molar-refractivity contribution in [3.63, 3.8) is 0 Å². The molecule has 1 aliphatic rings. The number of rotatable bonds is 5. The van der Waals surface area contributed by atoms with Gasteiger partial charge in [-0.2, -0.15) is 0 Å². The maximum atomic E-state index is 13.2. The maximum absolute atomic E-state index is 13.2. The number of nitrogens with two attached hydrogens (primary N) is 1. The maximum Gasteiger partial charge on any atom is 0.254 e. The summed E-state index contributed by atoms with van der Waals surface area (Å²) in [5, 5.41) is 3.63. The number of hydrogen-bond donors (Lipinski definition) is 2. The predicted octanol–water partition coefficient (Wildman–Crippen LogP) is 3.95. The summed E-state index contributed by atoms with van der Waals surface area (Å²) in [5.74, 6) is 0.313. The van der Waals surface area contributed by atoms with Gasteiger partial charge in [-0.05, 0) is 72.7 Å². The number of hydrogen-bond acceptors (Lipinski definition) is 4. The van der Waals surface area contributed by atoms with E-state index in [4.69, 9.17) is 5.73 Å². The van der Waals surface area contributed by atoms with Crippen LogP contribution in [0, 0.1) is 12.8 Å². The summed E-state index contributed by atoms with van der Waals surface area (Å²) in [4.78, 5) is 31.7. The van der Waals surface area contributed by atoms with Crippen LogP contribution in [-0.4, -0.2) is 41.8 Å². The molecular formula is C26H30N4O2. The molecule has 1 saturated heterocycles. The Labute approximate surface area is 188 Å². The second-order valence-electron chi connectivity index (χ2n) is 8.66. The van der Waals surface area contributed by atoms with E-state index in [9.17, 15) is 9.59 Å². The zero-order valence-electron chi connectivity index (χ0n) is 18.9. The van der Waals surface area contributed by atoms with Crippen LogP contribution < -0.4 is 11.1 Å². The van der Waals surface area contributed by atoms with Crippen LogP contribution in [0.15, 0.2) is 42.5 Å². The fraction of sp³-hybridized carbons (Fsp3) is 0.346. The van der Waals surface area contributed by atoms with Crippen molar-refractivity contribution in [1.82, 2.24) is 15.2 Å². The van der Waals surface area contributed by atoms with Crippen LogP contribution in [0.25, 0.3) is 22.0 Å². The van der Waals surface area contributed by atoms with Gasteiger partial charge in [0, 0.05) is 37.0 Å². The van der Waals surface area contributed by atoms with Gasteiger partial charge in [0.25, 0.3) is 5.91 Å². The predicted molar refractivity (Wildman–Crippen MR) is 128 cm³/mol. The van der Waals surface area contributed by atoms with E-state index in [2.05, 4.69) is 16.4 Å². The van der Waals surface area contributed by atoms with Crippen LogP contribution in [0.4, 0.5) is 5.82 Å². The van der Waals surface area contributed by atoms with Crippen molar-refractivity contribution in [1.29, 1.82) is 0 Å². The van der Waals surface area contributed by atoms with Gasteiger partial charge in [-0.1, -0.05) is 25.1 Å². The Bertz CT molecular complexity index is 1180. The standard InChI is InChI=1S/C26H30N4O2/c1-16-7-6-8-21(26(32)30-11-4-5-12-30)23(16)18-9-10-22-19(14-18)15-20(24(27)29-22)13-17(2)25(31)28-3/h6-10,14-15,17H,4-5,11-13H2,1-3H3,(H2,27,29)(H,28,31)/t17-/m1/s1. The number of nitrogens with one attached hydrogen (secondary N) is 1. The number of nitrogen functional groups attached to an aromatic ring is 1. The monoisotopic (exact) mass is 430 g/mol. The number of benzene rings is 2. The largest absolute Gasteiger partial charge is 0.383 e. The number of aryl methyl sites for hydroxylation is 1. The van der Waals surface area contributed by atoms with Crippen molar-refractivity contribution in [2.24, 2.45) is 5.92 Å². The number of pyridine rings is 1. The normalized spacial score (nSPS) is 14.5. The Morgan fingerprint density at radius 3 is 2.62 bits per heavy atom. The van der Waals surface area contributed by atoms with Crippen molar-refractivity contribution in [2.45, 2.75) is 33.1 Å². The second kappa shape index (κ2) is 8.99. The molecule has 0 spiro atoms. The van der Waals surface area contributed by atoms with Crippen molar-refractivity contribution in [3.8, 4) is 11.1 Å². The molecule has 2 aromatic carbocycles. The molecule has 3 aromatic rings. The highest BCUT2D eigenvalue weighted by Crippen LogP contribution is 2.32. The molecular weight excluding hydrogens is 400 g/mol. The minimum absolute atomic E-state index is 0.0248. The summed E-state index contributed by atoms with van der Waals surface area (Å²) >= 11 is 0. The lowest BCUT2D eigenvalue weighted by molar-refractivity contribution is -0.123. The lowest BCUT2D eigenvalue weighted by atomic mass is 9.92. The minimum atomic E-state index is -0.203. The Morgan fingerprint density at radius 1 is 1.16 bits per heavy atom. The van der Waals surface area contributed by atoms with Crippen molar-refractivity contribution in [3.05, 3.63) is 59.2 Å². The van der Waals surface area contributed by atoms with E-state index in [1.807, 2.05) is 55.1 Å². The van der Waals surface area contributed by atoms with Gasteiger partial charge < -0.3 is 16.0 Å². The first kappa shape index (κ1) is 21.8. The summed E-state index contributed by atoms with van der Waals surface area (Å²) in [7, 11) is 1.64. The quantitative estimate of drug-likeness (QED) is 0.641. The van der Waals surface area contributed by atoms with E-state index in [0.717, 1.165) is 64.7 Å². The highest BCUT2D eigenvalue weighted by molar-refractivity contribution is 6.02. The summed E-state index contributed by atoms with van der Waals surface area (Å²) in [6.45, 7) is 5.56. The van der Waals surface area contributed by atoms with Crippen LogP contribution in [-0.2, 0) is 11.2 Å². The van der Waals surface area contributed by atoms with Gasteiger partial charge in [0.2, 0.25) is 5.91 Å². The van der Waals surface area contributed by atoms with E-state index >= 15 is 0 Å². The SMILES string of the molecule is CNC(=O)[C@H](C)Cc1cc2cc(-c3c(C)cccc3C(=O)N3CCCC3)ccc2nc1N. The second-order valence-corrected chi connectivity index (χ2v) is 8.66. The van der Waals surface area contributed by atoms with E-state index < -0.39 is 0 Å². The molecule has 2 amide bonds. The van der Waals surface area contributed by atoms with Crippen molar-refractivity contribution < 1.29 is 9.59 Å². The van der Waals surface area contributed by atoms with Gasteiger partial charge in [0.1, 0.15) is 5.82 Å². The number of fused-ring (bicyclic) bond motifs is 1. The molecule has 3 N–H and O–H groups in total. The summed E-state index contributed by atoms with van der Waals surface area (Å²) in [5.41, 5.74) is 11.6. The number of amides is 2. The minimum Gasteiger partial charge on any atom is -0.383 e. The zero-order chi connectivity index (χ0) is 22.8. The van der Waals surface area contributed by atoms with E-state index in [1.54, 1.807) is 7.05 Å². The van der Waals surface area contributed by atoms with E-state index in [1.165, 1.54) is 0 Å². The molecule has 0 bridgehead atoms. The number of carbonyl (C=O) groups excluding carboxylic acids is 2. The first-order valence-corrected chi connectivity index (χ1v) is 11.2. The Morgan fingerprint density at radius 2 is 1.91 bits per heavy atom. The number of anilines is 1. The molecule has 0 saturated carbocycles. The molecule has 2 heterocycles. The third kappa shape index (κ3) is 4.17. The van der Waals surface area contributed by atoms with Gasteiger partial charge in [0.05, 0.1) is 5.52 Å². The first-order chi connectivity index (χ1) is 15.4. The van der Waals surface area contributed by atoms with Gasteiger partial charge >= 0.3 is 0 Å². The third-order valence-corrected chi connectivity index (χ3v) is 6.33. The summed E-state index contributed by atoms with van der Waals surface area (Å²) in [6, 6.07) is 13.9. The van der Waals surface area contributed by atoms with Gasteiger partial charge in [-0.25, -0.2) is 4.98 Å². The Balaban J connectivity index is 1.76. The summed E-state index contributed by atoms with van der Waals surface area (Å²) in [6.07, 6.45) is 2.64. The fourth-order valence-corrected chi connectivity index (χ4v) is 4.54. The molecule has 0 unspecified atom stereocenters. The molecule has 166 valence electrons. The molecule has 1 fully saturated rings. The first-order valence-electron chi connectivity index (χ1n) is 11.2. The van der Waals surface area contributed by atoms with E-state index in [0.29, 0.717) is 12.2 Å². The lowest BCUT2D eigenvalue weighted by Gasteiger charge is -2.19. The van der Waals surface area contributed by atoms with Gasteiger partial charge in [-0.15, -0.1) is 0 Å². The molecule has 1 aliphatic heterocycles. The topological polar surface area (TPSA) is 88.3 Å². The number of likely N-dealkylation sites (tertiary alicyclic amines) is 1. The average Bonchev–Trinajstić information content (AvgIpc) is 3.33.